The number of hydrogen-bond acceptors (Lipinski definition) is 4. The van der Waals surface area contributed by atoms with Crippen LogP contribution >= 0.6 is 0 Å². The fourth-order valence-corrected chi connectivity index (χ4v) is 2.71. The molecule has 5 nitrogen and oxygen atoms in total. The first kappa shape index (κ1) is 14.8. The quantitative estimate of drug-likeness (QED) is 0.751. The van der Waals surface area contributed by atoms with Crippen molar-refractivity contribution in [2.24, 2.45) is 5.92 Å². The Morgan fingerprint density at radius 2 is 2.10 bits per heavy atom. The Morgan fingerprint density at radius 1 is 1.30 bits per heavy atom. The maximum Gasteiger partial charge on any atom is 0.271 e. The van der Waals surface area contributed by atoms with Gasteiger partial charge in [0.1, 0.15) is 5.82 Å². The van der Waals surface area contributed by atoms with E-state index in [1.807, 2.05) is 13.0 Å². The van der Waals surface area contributed by atoms with Gasteiger partial charge in [0.05, 0.1) is 0 Å². The molecule has 1 saturated carbocycles. The van der Waals surface area contributed by atoms with E-state index in [1.54, 1.807) is 6.07 Å². The maximum absolute atomic E-state index is 11.5. The molecular formula is C15H24N4O. The lowest BCUT2D eigenvalue weighted by atomic mass is 10.0. The molecule has 0 radical (unpaired) electrons. The number of rotatable bonds is 7. The van der Waals surface area contributed by atoms with Crippen LogP contribution in [-0.4, -0.2) is 29.2 Å². The minimum absolute atomic E-state index is 0.173. The lowest BCUT2D eigenvalue weighted by Gasteiger charge is -2.09. The highest BCUT2D eigenvalue weighted by atomic mass is 16.1. The molecule has 2 rings (SSSR count). The maximum atomic E-state index is 11.5. The van der Waals surface area contributed by atoms with Gasteiger partial charge in [0, 0.05) is 13.1 Å². The molecule has 2 N–H and O–H groups in total. The average molecular weight is 276 g/mol. The average Bonchev–Trinajstić information content (AvgIpc) is 2.98. The Balaban J connectivity index is 1.69. The summed E-state index contributed by atoms with van der Waals surface area (Å²) in [5.74, 6) is 1.50. The normalized spacial score (nSPS) is 15.2. The standard InChI is InChI=1S/C15H24N4O/c1-2-16-15(20)13-9-10-14(19-18-13)17-11-5-8-12-6-3-4-7-12/h9-10,12H,2-8,11H2,1H3,(H,16,20)(H,17,19). The van der Waals surface area contributed by atoms with Gasteiger partial charge >= 0.3 is 0 Å². The van der Waals surface area contributed by atoms with Crippen LogP contribution in [0.1, 0.15) is 55.9 Å². The van der Waals surface area contributed by atoms with Gasteiger partial charge in [-0.2, -0.15) is 0 Å². The number of nitrogens with zero attached hydrogens (tertiary/aromatic N) is 2. The molecule has 110 valence electrons. The van der Waals surface area contributed by atoms with Crippen LogP contribution in [-0.2, 0) is 0 Å². The summed E-state index contributed by atoms with van der Waals surface area (Å²) >= 11 is 0. The van der Waals surface area contributed by atoms with Crippen molar-refractivity contribution in [1.29, 1.82) is 0 Å². The van der Waals surface area contributed by atoms with Gasteiger partial charge in [-0.1, -0.05) is 25.7 Å². The topological polar surface area (TPSA) is 66.9 Å². The zero-order valence-corrected chi connectivity index (χ0v) is 12.2. The summed E-state index contributed by atoms with van der Waals surface area (Å²) in [6.07, 6.45) is 8.10. The van der Waals surface area contributed by atoms with E-state index < -0.39 is 0 Å². The van der Waals surface area contributed by atoms with Crippen LogP contribution in [0.2, 0.25) is 0 Å². The second kappa shape index (κ2) is 7.82. The Morgan fingerprint density at radius 3 is 2.75 bits per heavy atom. The summed E-state index contributed by atoms with van der Waals surface area (Å²) in [6, 6.07) is 3.52. The minimum atomic E-state index is -0.173. The molecule has 1 aromatic heterocycles. The van der Waals surface area contributed by atoms with Crippen LogP contribution in [0.5, 0.6) is 0 Å². The monoisotopic (exact) mass is 276 g/mol. The molecule has 0 saturated heterocycles. The molecule has 1 fully saturated rings. The van der Waals surface area contributed by atoms with E-state index in [4.69, 9.17) is 0 Å². The number of carbonyl (C=O) groups is 1. The molecule has 0 bridgehead atoms. The van der Waals surface area contributed by atoms with Crippen LogP contribution in [0.4, 0.5) is 5.82 Å². The van der Waals surface area contributed by atoms with E-state index in [9.17, 15) is 4.79 Å². The molecule has 1 aliphatic carbocycles. The van der Waals surface area contributed by atoms with E-state index >= 15 is 0 Å². The molecule has 0 aliphatic heterocycles. The van der Waals surface area contributed by atoms with Crippen LogP contribution < -0.4 is 10.6 Å². The summed E-state index contributed by atoms with van der Waals surface area (Å²) in [5.41, 5.74) is 0.364. The molecular weight excluding hydrogens is 252 g/mol. The SMILES string of the molecule is CCNC(=O)c1ccc(NCCCC2CCCC2)nn1. The molecule has 0 aromatic carbocycles. The van der Waals surface area contributed by atoms with Gasteiger partial charge in [-0.3, -0.25) is 4.79 Å². The number of hydrogen-bond donors (Lipinski definition) is 2. The van der Waals surface area contributed by atoms with Crippen molar-refractivity contribution in [3.63, 3.8) is 0 Å². The summed E-state index contributed by atoms with van der Waals surface area (Å²) < 4.78 is 0. The molecule has 1 aliphatic rings. The van der Waals surface area contributed by atoms with Crippen molar-refractivity contribution in [2.45, 2.75) is 45.4 Å². The highest BCUT2D eigenvalue weighted by molar-refractivity contribution is 5.92. The third kappa shape index (κ3) is 4.47. The highest BCUT2D eigenvalue weighted by Crippen LogP contribution is 2.28. The fourth-order valence-electron chi connectivity index (χ4n) is 2.71. The number of anilines is 1. The molecule has 0 unspecified atom stereocenters. The Hall–Kier alpha value is -1.65. The molecule has 1 amide bonds. The van der Waals surface area contributed by atoms with Gasteiger partial charge in [0.25, 0.3) is 5.91 Å². The Bertz CT molecular complexity index is 412. The van der Waals surface area contributed by atoms with Gasteiger partial charge in [-0.15, -0.1) is 10.2 Å². The third-order valence-electron chi connectivity index (χ3n) is 3.80. The van der Waals surface area contributed by atoms with Crippen molar-refractivity contribution < 1.29 is 4.79 Å². The van der Waals surface area contributed by atoms with E-state index in [-0.39, 0.29) is 5.91 Å². The second-order valence-corrected chi connectivity index (χ2v) is 5.38. The van der Waals surface area contributed by atoms with Gasteiger partial charge in [0.2, 0.25) is 0 Å². The van der Waals surface area contributed by atoms with E-state index in [1.165, 1.54) is 38.5 Å². The second-order valence-electron chi connectivity index (χ2n) is 5.38. The van der Waals surface area contributed by atoms with Crippen LogP contribution in [0.3, 0.4) is 0 Å². The lowest BCUT2D eigenvalue weighted by Crippen LogP contribution is -2.24. The first-order valence-electron chi connectivity index (χ1n) is 7.65. The number of carbonyl (C=O) groups excluding carboxylic acids is 1. The largest absolute Gasteiger partial charge is 0.369 e. The molecule has 5 heteroatoms. The van der Waals surface area contributed by atoms with Crippen LogP contribution in [0.25, 0.3) is 0 Å². The zero-order valence-electron chi connectivity index (χ0n) is 12.2. The van der Waals surface area contributed by atoms with E-state index in [0.29, 0.717) is 12.2 Å². The van der Waals surface area contributed by atoms with E-state index in [2.05, 4.69) is 20.8 Å². The predicted octanol–water partition coefficient (Wildman–Crippen LogP) is 2.61. The summed E-state index contributed by atoms with van der Waals surface area (Å²) in [4.78, 5) is 11.5. The van der Waals surface area contributed by atoms with Crippen molar-refractivity contribution in [3.05, 3.63) is 17.8 Å². The highest BCUT2D eigenvalue weighted by Gasteiger charge is 2.14. The number of amides is 1. The molecule has 0 spiro atoms. The van der Waals surface area contributed by atoms with Crippen molar-refractivity contribution in [1.82, 2.24) is 15.5 Å². The van der Waals surface area contributed by atoms with Gasteiger partial charge < -0.3 is 10.6 Å². The first-order valence-corrected chi connectivity index (χ1v) is 7.65. The van der Waals surface area contributed by atoms with Gasteiger partial charge in [0.15, 0.2) is 5.69 Å². The molecule has 1 heterocycles. The van der Waals surface area contributed by atoms with Crippen LogP contribution in [0, 0.1) is 5.92 Å². The summed E-state index contributed by atoms with van der Waals surface area (Å²) in [7, 11) is 0. The summed E-state index contributed by atoms with van der Waals surface area (Å²) in [6.45, 7) is 3.40. The predicted molar refractivity (Wildman–Crippen MR) is 79.7 cm³/mol. The number of aromatic nitrogens is 2. The van der Waals surface area contributed by atoms with E-state index in [0.717, 1.165) is 18.3 Å². The number of nitrogens with one attached hydrogen (secondary N) is 2. The third-order valence-corrected chi connectivity index (χ3v) is 3.80. The minimum Gasteiger partial charge on any atom is -0.369 e. The van der Waals surface area contributed by atoms with Crippen molar-refractivity contribution in [2.75, 3.05) is 18.4 Å². The molecule has 20 heavy (non-hydrogen) atoms. The Kier molecular flexibility index (Phi) is 5.77. The summed E-state index contributed by atoms with van der Waals surface area (Å²) in [5, 5.41) is 13.9. The zero-order chi connectivity index (χ0) is 14.2. The lowest BCUT2D eigenvalue weighted by molar-refractivity contribution is 0.0950. The van der Waals surface area contributed by atoms with Crippen molar-refractivity contribution >= 4 is 11.7 Å². The fraction of sp³-hybridized carbons (Fsp3) is 0.667. The molecule has 1 aromatic rings. The Labute approximate surface area is 120 Å². The smallest absolute Gasteiger partial charge is 0.271 e. The van der Waals surface area contributed by atoms with Gasteiger partial charge in [-0.25, -0.2) is 0 Å². The first-order chi connectivity index (χ1) is 9.79. The van der Waals surface area contributed by atoms with Gasteiger partial charge in [-0.05, 0) is 37.8 Å². The molecule has 0 atom stereocenters. The van der Waals surface area contributed by atoms with Crippen molar-refractivity contribution in [3.8, 4) is 0 Å². The van der Waals surface area contributed by atoms with Crippen LogP contribution in [0.15, 0.2) is 12.1 Å².